The predicted octanol–water partition coefficient (Wildman–Crippen LogP) is 3.75. The molecule has 0 aliphatic carbocycles. The Morgan fingerprint density at radius 2 is 1.69 bits per heavy atom. The summed E-state index contributed by atoms with van der Waals surface area (Å²) in [6.45, 7) is -0.429. The number of aromatic nitrogens is 4. The van der Waals surface area contributed by atoms with Crippen LogP contribution in [0.25, 0.3) is 11.3 Å². The first kappa shape index (κ1) is 17.8. The molecule has 2 heterocycles. The first-order chi connectivity index (χ1) is 12.3. The lowest BCUT2D eigenvalue weighted by Crippen LogP contribution is -2.06. The molecular weight excluding hydrogens is 359 g/mol. The van der Waals surface area contributed by atoms with Crippen molar-refractivity contribution < 1.29 is 26.7 Å². The van der Waals surface area contributed by atoms with E-state index < -0.39 is 30.1 Å². The lowest BCUT2D eigenvalue weighted by Gasteiger charge is -2.07. The van der Waals surface area contributed by atoms with Gasteiger partial charge in [-0.2, -0.15) is 18.3 Å². The Kier molecular flexibility index (Phi) is 4.58. The van der Waals surface area contributed by atoms with E-state index in [9.17, 15) is 22.0 Å². The third-order valence-corrected chi connectivity index (χ3v) is 3.50. The van der Waals surface area contributed by atoms with E-state index in [1.165, 1.54) is 25.5 Å². The van der Waals surface area contributed by atoms with E-state index in [2.05, 4.69) is 15.1 Å². The van der Waals surface area contributed by atoms with Gasteiger partial charge in [0.2, 0.25) is 0 Å². The number of alkyl halides is 3. The zero-order chi connectivity index (χ0) is 18.9. The highest BCUT2D eigenvalue weighted by Gasteiger charge is 2.34. The minimum absolute atomic E-state index is 0.157. The average molecular weight is 370 g/mol. The van der Waals surface area contributed by atoms with Gasteiger partial charge in [-0.25, -0.2) is 18.7 Å². The molecule has 3 rings (SSSR count). The lowest BCUT2D eigenvalue weighted by molar-refractivity contribution is -0.141. The van der Waals surface area contributed by atoms with Crippen LogP contribution in [0.15, 0.2) is 36.7 Å². The van der Waals surface area contributed by atoms with Gasteiger partial charge >= 0.3 is 12.2 Å². The van der Waals surface area contributed by atoms with Crippen LogP contribution >= 0.6 is 0 Å². The number of benzene rings is 1. The number of aryl methyl sites for hydroxylation is 1. The van der Waals surface area contributed by atoms with Crippen LogP contribution in [0.1, 0.15) is 11.3 Å². The van der Waals surface area contributed by atoms with Crippen molar-refractivity contribution in [2.24, 2.45) is 7.05 Å². The van der Waals surface area contributed by atoms with Crippen molar-refractivity contribution in [3.8, 4) is 17.3 Å². The lowest BCUT2D eigenvalue weighted by atomic mass is 10.2. The van der Waals surface area contributed by atoms with Gasteiger partial charge in [-0.05, 0) is 18.2 Å². The molecule has 0 amide bonds. The van der Waals surface area contributed by atoms with E-state index >= 15 is 0 Å². The van der Waals surface area contributed by atoms with Crippen molar-refractivity contribution in [2.45, 2.75) is 12.8 Å². The highest BCUT2D eigenvalue weighted by atomic mass is 19.4. The first-order valence-corrected chi connectivity index (χ1v) is 7.25. The third kappa shape index (κ3) is 3.63. The number of ether oxygens (including phenoxy) is 1. The SMILES string of the molecule is Cn1nc(C(F)(F)F)cc1-c1cnc(OCc2c(F)cccc2F)nc1. The van der Waals surface area contributed by atoms with Gasteiger partial charge in [0, 0.05) is 25.0 Å². The fourth-order valence-corrected chi connectivity index (χ4v) is 2.21. The molecule has 0 fully saturated rings. The summed E-state index contributed by atoms with van der Waals surface area (Å²) in [7, 11) is 1.36. The van der Waals surface area contributed by atoms with Crippen LogP contribution in [0, 0.1) is 11.6 Å². The quantitative estimate of drug-likeness (QED) is 0.657. The van der Waals surface area contributed by atoms with Gasteiger partial charge in [-0.3, -0.25) is 4.68 Å². The molecule has 1 aromatic carbocycles. The molecule has 0 atom stereocenters. The van der Waals surface area contributed by atoms with Gasteiger partial charge in [0.05, 0.1) is 11.3 Å². The molecule has 0 spiro atoms. The monoisotopic (exact) mass is 370 g/mol. The molecule has 0 bridgehead atoms. The Morgan fingerprint density at radius 3 is 2.23 bits per heavy atom. The molecule has 26 heavy (non-hydrogen) atoms. The van der Waals surface area contributed by atoms with Crippen LogP contribution < -0.4 is 4.74 Å². The Balaban J connectivity index is 1.76. The van der Waals surface area contributed by atoms with E-state index in [1.807, 2.05) is 0 Å². The van der Waals surface area contributed by atoms with Crippen LogP contribution in [-0.2, 0) is 19.8 Å². The van der Waals surface area contributed by atoms with E-state index in [0.717, 1.165) is 22.9 Å². The van der Waals surface area contributed by atoms with Crippen LogP contribution in [-0.4, -0.2) is 19.7 Å². The molecule has 0 N–H and O–H groups in total. The summed E-state index contributed by atoms with van der Waals surface area (Å²) in [6.07, 6.45) is -2.10. The molecule has 10 heteroatoms. The van der Waals surface area contributed by atoms with Gasteiger partial charge in [-0.1, -0.05) is 6.07 Å². The number of hydrogen-bond acceptors (Lipinski definition) is 4. The zero-order valence-electron chi connectivity index (χ0n) is 13.3. The second-order valence-corrected chi connectivity index (χ2v) is 5.28. The van der Waals surface area contributed by atoms with Gasteiger partial charge in [0.25, 0.3) is 0 Å². The van der Waals surface area contributed by atoms with Gasteiger partial charge in [0.1, 0.15) is 18.2 Å². The summed E-state index contributed by atoms with van der Waals surface area (Å²) in [4.78, 5) is 7.68. The minimum atomic E-state index is -4.57. The maximum atomic E-state index is 13.5. The molecule has 3 aromatic rings. The Bertz CT molecular complexity index is 901. The Labute approximate surface area is 144 Å². The second kappa shape index (κ2) is 6.70. The third-order valence-electron chi connectivity index (χ3n) is 3.50. The van der Waals surface area contributed by atoms with Crippen LogP contribution in [0.5, 0.6) is 6.01 Å². The summed E-state index contributed by atoms with van der Waals surface area (Å²) in [5.41, 5.74) is -0.879. The number of halogens is 5. The second-order valence-electron chi connectivity index (χ2n) is 5.28. The van der Waals surface area contributed by atoms with E-state index in [0.29, 0.717) is 0 Å². The summed E-state index contributed by atoms with van der Waals surface area (Å²) >= 11 is 0. The van der Waals surface area contributed by atoms with Gasteiger partial charge in [-0.15, -0.1) is 0 Å². The first-order valence-electron chi connectivity index (χ1n) is 7.25. The topological polar surface area (TPSA) is 52.8 Å². The standard InChI is InChI=1S/C16H11F5N4O/c1-25-13(5-14(24-25)16(19,20)21)9-6-22-15(23-7-9)26-8-10-11(17)3-2-4-12(10)18/h2-7H,8H2,1H3. The van der Waals surface area contributed by atoms with Crippen molar-refractivity contribution in [2.75, 3.05) is 0 Å². The maximum Gasteiger partial charge on any atom is 0.435 e. The zero-order valence-corrected chi connectivity index (χ0v) is 13.3. The molecule has 0 aliphatic heterocycles. The van der Waals surface area contributed by atoms with E-state index in [4.69, 9.17) is 4.74 Å². The van der Waals surface area contributed by atoms with E-state index in [1.54, 1.807) is 0 Å². The van der Waals surface area contributed by atoms with Crippen molar-refractivity contribution in [3.63, 3.8) is 0 Å². The normalized spacial score (nSPS) is 11.6. The molecule has 2 aromatic heterocycles. The average Bonchev–Trinajstić information content (AvgIpc) is 2.97. The molecular formula is C16H11F5N4O. The van der Waals surface area contributed by atoms with Crippen molar-refractivity contribution in [1.82, 2.24) is 19.7 Å². The smallest absolute Gasteiger partial charge is 0.435 e. The fraction of sp³-hybridized carbons (Fsp3) is 0.188. The minimum Gasteiger partial charge on any atom is -0.458 e. The summed E-state index contributed by atoms with van der Waals surface area (Å²) in [5, 5.41) is 3.40. The van der Waals surface area contributed by atoms with Crippen molar-refractivity contribution in [1.29, 1.82) is 0 Å². The largest absolute Gasteiger partial charge is 0.458 e. The number of nitrogens with zero attached hydrogens (tertiary/aromatic N) is 4. The maximum absolute atomic E-state index is 13.5. The Morgan fingerprint density at radius 1 is 1.08 bits per heavy atom. The predicted molar refractivity (Wildman–Crippen MR) is 79.9 cm³/mol. The van der Waals surface area contributed by atoms with Crippen molar-refractivity contribution >= 4 is 0 Å². The summed E-state index contributed by atoms with van der Waals surface area (Å²) in [6, 6.07) is 4.10. The molecule has 0 saturated carbocycles. The van der Waals surface area contributed by atoms with Crippen LogP contribution in [0.2, 0.25) is 0 Å². The molecule has 5 nitrogen and oxygen atoms in total. The van der Waals surface area contributed by atoms with E-state index in [-0.39, 0.29) is 22.8 Å². The molecule has 0 aliphatic rings. The molecule has 0 radical (unpaired) electrons. The molecule has 136 valence electrons. The number of rotatable bonds is 4. The van der Waals surface area contributed by atoms with Crippen molar-refractivity contribution in [3.05, 3.63) is 59.6 Å². The fourth-order valence-electron chi connectivity index (χ4n) is 2.21. The van der Waals surface area contributed by atoms with Crippen LogP contribution in [0.3, 0.4) is 0 Å². The summed E-state index contributed by atoms with van der Waals surface area (Å²) in [5.74, 6) is -1.53. The van der Waals surface area contributed by atoms with Gasteiger partial charge < -0.3 is 4.74 Å². The molecule has 0 unspecified atom stereocenters. The highest BCUT2D eigenvalue weighted by molar-refractivity contribution is 5.58. The van der Waals surface area contributed by atoms with Gasteiger partial charge in [0.15, 0.2) is 5.69 Å². The number of hydrogen-bond donors (Lipinski definition) is 0. The van der Waals surface area contributed by atoms with Crippen LogP contribution in [0.4, 0.5) is 22.0 Å². The Hall–Kier alpha value is -3.04. The molecule has 0 saturated heterocycles. The summed E-state index contributed by atoms with van der Waals surface area (Å²) < 4.78 is 71.3. The highest BCUT2D eigenvalue weighted by Crippen LogP contribution is 2.31.